The molecule has 0 aromatic heterocycles. The Morgan fingerprint density at radius 1 is 0.957 bits per heavy atom. The van der Waals surface area contributed by atoms with Crippen LogP contribution in [0.15, 0.2) is 60.7 Å². The Morgan fingerprint density at radius 2 is 1.52 bits per heavy atom. The van der Waals surface area contributed by atoms with Crippen LogP contribution in [0.4, 0.5) is 0 Å². The molecule has 0 aliphatic heterocycles. The fourth-order valence-corrected chi connectivity index (χ4v) is 3.49. The third kappa shape index (κ3) is 2.87. The van der Waals surface area contributed by atoms with Crippen LogP contribution < -0.4 is 0 Å². The molecule has 2 heteroatoms. The molecule has 3 rings (SSSR count). The Bertz CT molecular complexity index is 683. The quantitative estimate of drug-likeness (QED) is 0.861. The van der Waals surface area contributed by atoms with E-state index in [2.05, 4.69) is 11.8 Å². The standard InChI is InChI=1S/C21H20O2/c22-20(23)19-15-9-1-2-10-16-21(19,17-11-5-3-6-12-17)18-13-7-4-8-14-18/h3-8,11-14,19H,1-2,9,15H2,(H,22,23). The monoisotopic (exact) mass is 304 g/mol. The molecule has 23 heavy (non-hydrogen) atoms. The number of carboxylic acids is 1. The summed E-state index contributed by atoms with van der Waals surface area (Å²) >= 11 is 0. The van der Waals surface area contributed by atoms with E-state index in [4.69, 9.17) is 0 Å². The van der Waals surface area contributed by atoms with Crippen LogP contribution in [0.1, 0.15) is 36.8 Å². The molecule has 0 saturated heterocycles. The third-order valence-electron chi connectivity index (χ3n) is 4.61. The van der Waals surface area contributed by atoms with Crippen molar-refractivity contribution in [1.29, 1.82) is 0 Å². The van der Waals surface area contributed by atoms with Gasteiger partial charge in [0.05, 0.1) is 11.3 Å². The van der Waals surface area contributed by atoms with Gasteiger partial charge in [-0.3, -0.25) is 4.79 Å². The lowest BCUT2D eigenvalue weighted by Gasteiger charge is -2.36. The smallest absolute Gasteiger partial charge is 0.308 e. The first-order valence-corrected chi connectivity index (χ1v) is 8.09. The summed E-state index contributed by atoms with van der Waals surface area (Å²) in [7, 11) is 0. The number of carboxylic acid groups (broad SMARTS) is 1. The topological polar surface area (TPSA) is 37.3 Å². The summed E-state index contributed by atoms with van der Waals surface area (Å²) in [6, 6.07) is 19.7. The molecule has 0 fully saturated rings. The minimum absolute atomic E-state index is 0.542. The summed E-state index contributed by atoms with van der Waals surface area (Å²) in [4.78, 5) is 12.1. The molecular formula is C21H20O2. The van der Waals surface area contributed by atoms with Crippen LogP contribution in [0, 0.1) is 17.8 Å². The molecule has 0 bridgehead atoms. The lowest BCUT2D eigenvalue weighted by Crippen LogP contribution is -2.40. The van der Waals surface area contributed by atoms with Crippen LogP contribution in [0.25, 0.3) is 0 Å². The molecule has 0 spiro atoms. The molecule has 0 amide bonds. The first-order valence-electron chi connectivity index (χ1n) is 8.09. The average Bonchev–Trinajstić information content (AvgIpc) is 2.56. The van der Waals surface area contributed by atoms with Gasteiger partial charge >= 0.3 is 5.97 Å². The summed E-state index contributed by atoms with van der Waals surface area (Å²) < 4.78 is 0. The van der Waals surface area contributed by atoms with Gasteiger partial charge in [0.1, 0.15) is 0 Å². The number of hydrogen-bond acceptors (Lipinski definition) is 1. The van der Waals surface area contributed by atoms with E-state index in [0.29, 0.717) is 6.42 Å². The van der Waals surface area contributed by atoms with E-state index in [9.17, 15) is 9.90 Å². The first kappa shape index (κ1) is 15.4. The highest BCUT2D eigenvalue weighted by Gasteiger charge is 2.44. The lowest BCUT2D eigenvalue weighted by molar-refractivity contribution is -0.143. The summed E-state index contributed by atoms with van der Waals surface area (Å²) in [5.74, 6) is 5.30. The zero-order valence-corrected chi connectivity index (χ0v) is 13.0. The van der Waals surface area contributed by atoms with E-state index in [1.165, 1.54) is 0 Å². The maximum absolute atomic E-state index is 12.1. The van der Waals surface area contributed by atoms with Crippen LogP contribution >= 0.6 is 0 Å². The second kappa shape index (κ2) is 6.71. The van der Waals surface area contributed by atoms with Gasteiger partial charge in [0.2, 0.25) is 0 Å². The minimum atomic E-state index is -0.783. The molecule has 1 aliphatic carbocycles. The van der Waals surface area contributed by atoms with E-state index >= 15 is 0 Å². The van der Waals surface area contributed by atoms with Gasteiger partial charge in [0.15, 0.2) is 0 Å². The van der Waals surface area contributed by atoms with Gasteiger partial charge in [-0.1, -0.05) is 73.0 Å². The van der Waals surface area contributed by atoms with Crippen LogP contribution in [0.2, 0.25) is 0 Å². The largest absolute Gasteiger partial charge is 0.481 e. The highest BCUT2D eigenvalue weighted by molar-refractivity contribution is 5.76. The highest BCUT2D eigenvalue weighted by atomic mass is 16.4. The normalized spacial score (nSPS) is 19.7. The summed E-state index contributed by atoms with van der Waals surface area (Å²) in [5.41, 5.74) is 1.15. The van der Waals surface area contributed by atoms with Crippen molar-refractivity contribution in [3.8, 4) is 11.8 Å². The van der Waals surface area contributed by atoms with Crippen LogP contribution in [-0.2, 0) is 10.2 Å². The average molecular weight is 304 g/mol. The number of benzene rings is 2. The Balaban J connectivity index is 2.30. The van der Waals surface area contributed by atoms with E-state index in [-0.39, 0.29) is 0 Å². The number of aliphatic carboxylic acids is 1. The second-order valence-electron chi connectivity index (χ2n) is 5.98. The van der Waals surface area contributed by atoms with Gasteiger partial charge in [-0.2, -0.15) is 0 Å². The third-order valence-corrected chi connectivity index (χ3v) is 4.61. The van der Waals surface area contributed by atoms with Crippen molar-refractivity contribution in [1.82, 2.24) is 0 Å². The zero-order valence-electron chi connectivity index (χ0n) is 13.0. The van der Waals surface area contributed by atoms with Crippen molar-refractivity contribution < 1.29 is 9.90 Å². The number of carbonyl (C=O) groups is 1. The molecule has 2 aromatic carbocycles. The van der Waals surface area contributed by atoms with Gasteiger partial charge in [-0.25, -0.2) is 0 Å². The molecule has 1 N–H and O–H groups in total. The summed E-state index contributed by atoms with van der Waals surface area (Å²) in [6.07, 6.45) is 3.34. The van der Waals surface area contributed by atoms with Crippen molar-refractivity contribution >= 4 is 5.97 Å². The van der Waals surface area contributed by atoms with Gasteiger partial charge in [-0.15, -0.1) is 5.92 Å². The number of hydrogen-bond donors (Lipinski definition) is 1. The van der Waals surface area contributed by atoms with E-state index in [1.54, 1.807) is 0 Å². The minimum Gasteiger partial charge on any atom is -0.481 e. The summed E-state index contributed by atoms with van der Waals surface area (Å²) in [5, 5.41) is 9.95. The van der Waals surface area contributed by atoms with Crippen molar-refractivity contribution in [2.45, 2.75) is 31.1 Å². The molecule has 2 aromatic rings. The van der Waals surface area contributed by atoms with Crippen LogP contribution in [-0.4, -0.2) is 11.1 Å². The SMILES string of the molecule is O=C(O)C1CCCCC#CC1(c1ccccc1)c1ccccc1. The lowest BCUT2D eigenvalue weighted by atomic mass is 9.64. The Morgan fingerprint density at radius 3 is 2.04 bits per heavy atom. The number of rotatable bonds is 3. The van der Waals surface area contributed by atoms with Crippen LogP contribution in [0.3, 0.4) is 0 Å². The fourth-order valence-electron chi connectivity index (χ4n) is 3.49. The predicted molar refractivity (Wildman–Crippen MR) is 91.0 cm³/mol. The molecule has 2 nitrogen and oxygen atoms in total. The predicted octanol–water partition coefficient (Wildman–Crippen LogP) is 4.25. The second-order valence-corrected chi connectivity index (χ2v) is 5.98. The maximum Gasteiger partial charge on any atom is 0.308 e. The molecule has 1 unspecified atom stereocenters. The van der Waals surface area contributed by atoms with E-state index in [1.807, 2.05) is 60.7 Å². The van der Waals surface area contributed by atoms with Gasteiger partial charge < -0.3 is 5.11 Å². The molecule has 0 radical (unpaired) electrons. The van der Waals surface area contributed by atoms with Gasteiger partial charge in [-0.05, 0) is 24.0 Å². The maximum atomic E-state index is 12.1. The fraction of sp³-hybridized carbons (Fsp3) is 0.286. The Kier molecular flexibility index (Phi) is 4.48. The summed E-state index contributed by atoms with van der Waals surface area (Å²) in [6.45, 7) is 0. The van der Waals surface area contributed by atoms with Gasteiger partial charge in [0.25, 0.3) is 0 Å². The Labute approximate surface area is 137 Å². The van der Waals surface area contributed by atoms with Crippen molar-refractivity contribution in [2.24, 2.45) is 5.92 Å². The van der Waals surface area contributed by atoms with E-state index < -0.39 is 17.3 Å². The van der Waals surface area contributed by atoms with Crippen molar-refractivity contribution in [2.75, 3.05) is 0 Å². The molecule has 0 saturated carbocycles. The zero-order chi connectivity index (χ0) is 16.1. The van der Waals surface area contributed by atoms with Crippen molar-refractivity contribution in [3.63, 3.8) is 0 Å². The highest BCUT2D eigenvalue weighted by Crippen LogP contribution is 2.42. The molecule has 1 atom stereocenters. The Hall–Kier alpha value is -2.53. The molecule has 116 valence electrons. The van der Waals surface area contributed by atoms with Gasteiger partial charge in [0, 0.05) is 6.42 Å². The molecule has 1 aliphatic rings. The van der Waals surface area contributed by atoms with E-state index in [0.717, 1.165) is 30.4 Å². The van der Waals surface area contributed by atoms with Crippen molar-refractivity contribution in [3.05, 3.63) is 71.8 Å². The first-order chi connectivity index (χ1) is 11.2. The molecular weight excluding hydrogens is 284 g/mol. The van der Waals surface area contributed by atoms with Crippen LogP contribution in [0.5, 0.6) is 0 Å². The molecule has 0 heterocycles.